The fourth-order valence-corrected chi connectivity index (χ4v) is 6.96. The van der Waals surface area contributed by atoms with E-state index < -0.39 is 17.9 Å². The average molecular weight is 646 g/mol. The van der Waals surface area contributed by atoms with Crippen molar-refractivity contribution >= 4 is 23.4 Å². The SMILES string of the molecule is O=C(c1cc(F)cc(N2CCNCC2=O)c1)N1CCN(C(=O)c2ccc(O[C@H]3CCNC3)c(C3CCC(C(F)(F)F)CC3)c2)CC1. The normalized spacial score (nSPS) is 24.3. The maximum Gasteiger partial charge on any atom is 0.391 e. The van der Waals surface area contributed by atoms with Crippen molar-refractivity contribution in [2.24, 2.45) is 5.92 Å². The lowest BCUT2D eigenvalue weighted by Gasteiger charge is -2.35. The number of hydrogen-bond donors (Lipinski definition) is 2. The van der Waals surface area contributed by atoms with Crippen LogP contribution in [0.5, 0.6) is 5.75 Å². The topological polar surface area (TPSA) is 94.2 Å². The lowest BCUT2D eigenvalue weighted by atomic mass is 9.78. The van der Waals surface area contributed by atoms with Crippen molar-refractivity contribution in [2.45, 2.75) is 50.3 Å². The van der Waals surface area contributed by atoms with Gasteiger partial charge in [-0.1, -0.05) is 0 Å². The quantitative estimate of drug-likeness (QED) is 0.463. The second-order valence-electron chi connectivity index (χ2n) is 12.6. The van der Waals surface area contributed by atoms with Gasteiger partial charge in [0.05, 0.1) is 12.5 Å². The number of carbonyl (C=O) groups excluding carboxylic acids is 3. The number of alkyl halides is 3. The minimum Gasteiger partial charge on any atom is -0.489 e. The van der Waals surface area contributed by atoms with Gasteiger partial charge in [0, 0.05) is 62.6 Å². The molecule has 0 spiro atoms. The van der Waals surface area contributed by atoms with Crippen LogP contribution in [0, 0.1) is 11.7 Å². The van der Waals surface area contributed by atoms with Crippen molar-refractivity contribution in [3.63, 3.8) is 0 Å². The van der Waals surface area contributed by atoms with Gasteiger partial charge in [0.1, 0.15) is 17.7 Å². The Kier molecular flexibility index (Phi) is 9.51. The minimum absolute atomic E-state index is 0.0380. The molecule has 4 aliphatic rings. The maximum atomic E-state index is 14.5. The first-order valence-electron chi connectivity index (χ1n) is 16.0. The van der Waals surface area contributed by atoms with E-state index in [9.17, 15) is 31.9 Å². The Morgan fingerprint density at radius 2 is 1.50 bits per heavy atom. The molecule has 1 saturated carbocycles. The summed E-state index contributed by atoms with van der Waals surface area (Å²) in [6.45, 7) is 3.62. The van der Waals surface area contributed by atoms with Crippen LogP contribution in [0.1, 0.15) is 64.3 Å². The van der Waals surface area contributed by atoms with Crippen LogP contribution in [0.15, 0.2) is 36.4 Å². The van der Waals surface area contributed by atoms with Crippen LogP contribution in [0.3, 0.4) is 0 Å². The molecule has 0 aromatic heterocycles. The van der Waals surface area contributed by atoms with E-state index in [1.54, 1.807) is 28.0 Å². The lowest BCUT2D eigenvalue weighted by molar-refractivity contribution is -0.182. The molecule has 0 unspecified atom stereocenters. The van der Waals surface area contributed by atoms with Crippen LogP contribution in [0.25, 0.3) is 0 Å². The number of nitrogens with zero attached hydrogens (tertiary/aromatic N) is 3. The molecular weight excluding hydrogens is 606 g/mol. The summed E-state index contributed by atoms with van der Waals surface area (Å²) >= 11 is 0. The summed E-state index contributed by atoms with van der Waals surface area (Å²) in [7, 11) is 0. The smallest absolute Gasteiger partial charge is 0.391 e. The van der Waals surface area contributed by atoms with E-state index in [0.29, 0.717) is 49.5 Å². The molecule has 2 N–H and O–H groups in total. The summed E-state index contributed by atoms with van der Waals surface area (Å²) in [6.07, 6.45) is -2.59. The second kappa shape index (κ2) is 13.6. The zero-order valence-corrected chi connectivity index (χ0v) is 25.6. The summed E-state index contributed by atoms with van der Waals surface area (Å²) in [6, 6.07) is 9.18. The van der Waals surface area contributed by atoms with Gasteiger partial charge >= 0.3 is 6.18 Å². The Hall–Kier alpha value is -3.71. The Labute approximate surface area is 265 Å². The van der Waals surface area contributed by atoms with Gasteiger partial charge < -0.3 is 30.1 Å². The van der Waals surface area contributed by atoms with Gasteiger partial charge in [0.2, 0.25) is 5.91 Å². The van der Waals surface area contributed by atoms with E-state index in [4.69, 9.17) is 4.74 Å². The summed E-state index contributed by atoms with van der Waals surface area (Å²) in [5, 5.41) is 6.22. The molecule has 46 heavy (non-hydrogen) atoms. The van der Waals surface area contributed by atoms with Gasteiger partial charge in [-0.15, -0.1) is 0 Å². The summed E-state index contributed by atoms with van der Waals surface area (Å²) in [4.78, 5) is 44.0. The summed E-state index contributed by atoms with van der Waals surface area (Å²) < 4.78 is 60.9. The first kappa shape index (κ1) is 32.2. The van der Waals surface area contributed by atoms with Crippen molar-refractivity contribution < 1.29 is 36.7 Å². The molecule has 3 heterocycles. The van der Waals surface area contributed by atoms with Crippen LogP contribution in [0.2, 0.25) is 0 Å². The lowest BCUT2D eigenvalue weighted by Crippen LogP contribution is -2.50. The number of ether oxygens (including phenoxy) is 1. The molecule has 1 aliphatic carbocycles. The minimum atomic E-state index is -4.21. The van der Waals surface area contributed by atoms with Gasteiger partial charge in [-0.05, 0) is 86.5 Å². The molecule has 0 radical (unpaired) electrons. The fourth-order valence-electron chi connectivity index (χ4n) is 6.96. The largest absolute Gasteiger partial charge is 0.489 e. The third-order valence-electron chi connectivity index (χ3n) is 9.58. The number of halogens is 4. The first-order valence-corrected chi connectivity index (χ1v) is 16.0. The zero-order valence-electron chi connectivity index (χ0n) is 25.6. The predicted molar refractivity (Wildman–Crippen MR) is 163 cm³/mol. The van der Waals surface area contributed by atoms with Gasteiger partial charge in [-0.2, -0.15) is 13.2 Å². The Morgan fingerprint density at radius 3 is 2.13 bits per heavy atom. The first-order chi connectivity index (χ1) is 22.1. The highest BCUT2D eigenvalue weighted by molar-refractivity contribution is 5.99. The maximum absolute atomic E-state index is 14.5. The molecule has 3 amide bonds. The van der Waals surface area contributed by atoms with E-state index in [0.717, 1.165) is 24.6 Å². The number of hydrogen-bond acceptors (Lipinski definition) is 6. The molecule has 6 rings (SSSR count). The Balaban J connectivity index is 1.13. The van der Waals surface area contributed by atoms with E-state index in [-0.39, 0.29) is 80.9 Å². The van der Waals surface area contributed by atoms with Crippen LogP contribution in [0.4, 0.5) is 23.2 Å². The van der Waals surface area contributed by atoms with Crippen molar-refractivity contribution in [1.82, 2.24) is 20.4 Å². The fraction of sp³-hybridized carbons (Fsp3) is 0.545. The predicted octanol–water partition coefficient (Wildman–Crippen LogP) is 3.94. The van der Waals surface area contributed by atoms with Crippen molar-refractivity contribution in [2.75, 3.05) is 63.8 Å². The van der Waals surface area contributed by atoms with Crippen LogP contribution in [-0.2, 0) is 4.79 Å². The highest BCUT2D eigenvalue weighted by atomic mass is 19.4. The molecule has 4 fully saturated rings. The third kappa shape index (κ3) is 7.15. The highest BCUT2D eigenvalue weighted by Crippen LogP contribution is 2.45. The number of piperazine rings is 2. The van der Waals surface area contributed by atoms with Crippen molar-refractivity contribution in [1.29, 1.82) is 0 Å². The molecule has 1 atom stereocenters. The summed E-state index contributed by atoms with van der Waals surface area (Å²) in [5.41, 5.74) is 1.68. The number of nitrogens with one attached hydrogen (secondary N) is 2. The standard InChI is InChI=1S/C33H39F4N5O4/c34-25-15-23(16-26(18-25)42-10-9-39-20-30(42)43)32(45)41-13-11-40(12-14-41)31(44)22-3-6-29(46-27-7-8-38-19-27)28(17-22)21-1-4-24(5-2-21)33(35,36)37/h3,6,15-18,21,24,27,38-39H,1-2,4-5,7-14,19-20H2/t21?,24?,27-/m0/s1. The van der Waals surface area contributed by atoms with E-state index in [1.807, 2.05) is 0 Å². The number of benzene rings is 2. The third-order valence-corrected chi connectivity index (χ3v) is 9.58. The Morgan fingerprint density at radius 1 is 0.804 bits per heavy atom. The van der Waals surface area contributed by atoms with Gasteiger partial charge in [0.25, 0.3) is 11.8 Å². The average Bonchev–Trinajstić information content (AvgIpc) is 3.57. The molecule has 2 aromatic carbocycles. The molecule has 2 aromatic rings. The number of rotatable bonds is 6. The molecule has 3 saturated heterocycles. The Bertz CT molecular complexity index is 1450. The zero-order chi connectivity index (χ0) is 32.4. The van der Waals surface area contributed by atoms with E-state index in [2.05, 4.69) is 10.6 Å². The molecule has 248 valence electrons. The van der Waals surface area contributed by atoms with E-state index >= 15 is 0 Å². The van der Waals surface area contributed by atoms with Crippen LogP contribution < -0.4 is 20.3 Å². The monoisotopic (exact) mass is 645 g/mol. The molecule has 0 bridgehead atoms. The van der Waals surface area contributed by atoms with Gasteiger partial charge in [0.15, 0.2) is 0 Å². The molecular formula is C33H39F4N5O4. The number of amides is 3. The number of anilines is 1. The van der Waals surface area contributed by atoms with E-state index in [1.165, 1.54) is 17.0 Å². The molecule has 13 heteroatoms. The summed E-state index contributed by atoms with van der Waals surface area (Å²) in [5.74, 6) is -2.24. The van der Waals surface area contributed by atoms with Crippen molar-refractivity contribution in [3.05, 3.63) is 58.9 Å². The van der Waals surface area contributed by atoms with Gasteiger partial charge in [-0.25, -0.2) is 4.39 Å². The second-order valence-corrected chi connectivity index (χ2v) is 12.6. The van der Waals surface area contributed by atoms with Gasteiger partial charge in [-0.3, -0.25) is 14.4 Å². The molecule has 3 aliphatic heterocycles. The van der Waals surface area contributed by atoms with Crippen LogP contribution >= 0.6 is 0 Å². The van der Waals surface area contributed by atoms with Crippen LogP contribution in [-0.4, -0.2) is 98.7 Å². The number of carbonyl (C=O) groups is 3. The van der Waals surface area contributed by atoms with Crippen molar-refractivity contribution in [3.8, 4) is 5.75 Å². The molecule has 9 nitrogen and oxygen atoms in total. The highest BCUT2D eigenvalue weighted by Gasteiger charge is 2.42.